The van der Waals surface area contributed by atoms with Crippen LogP contribution in [0.2, 0.25) is 0 Å². The lowest BCUT2D eigenvalue weighted by Gasteiger charge is -2.43. The van der Waals surface area contributed by atoms with Gasteiger partial charge in [-0.05, 0) is 56.4 Å². The summed E-state index contributed by atoms with van der Waals surface area (Å²) in [5.74, 6) is -0.309. The standard InChI is InChI=1S/C19H26N2O3/c20-18(23)13-8-10-14(11-9-13)19(24)21-12-4-3-6-16(21)15-5-1-2-7-17(15)22/h8-11,15-17,22H,1-7,12H2,(H2,20,23)/t15-,16+,17-/m0/s1. The van der Waals surface area contributed by atoms with Crippen LogP contribution >= 0.6 is 0 Å². The Labute approximate surface area is 142 Å². The third kappa shape index (κ3) is 3.46. The molecule has 0 unspecified atom stereocenters. The van der Waals surface area contributed by atoms with Crippen LogP contribution in [0.15, 0.2) is 24.3 Å². The van der Waals surface area contributed by atoms with Gasteiger partial charge in [0.25, 0.3) is 5.91 Å². The summed E-state index contributed by atoms with van der Waals surface area (Å²) in [5, 5.41) is 10.4. The molecule has 5 nitrogen and oxygen atoms in total. The molecule has 0 radical (unpaired) electrons. The Bertz CT molecular complexity index is 599. The van der Waals surface area contributed by atoms with Gasteiger partial charge in [-0.15, -0.1) is 0 Å². The fraction of sp³-hybridized carbons (Fsp3) is 0.579. The molecule has 3 N–H and O–H groups in total. The molecule has 1 aromatic carbocycles. The molecule has 0 spiro atoms. The maximum absolute atomic E-state index is 13.0. The lowest BCUT2D eigenvalue weighted by atomic mass is 9.78. The quantitative estimate of drug-likeness (QED) is 0.892. The van der Waals surface area contributed by atoms with E-state index in [1.165, 1.54) is 0 Å². The minimum atomic E-state index is -0.491. The topological polar surface area (TPSA) is 83.6 Å². The number of carbonyl (C=O) groups is 2. The summed E-state index contributed by atoms with van der Waals surface area (Å²) in [7, 11) is 0. The first kappa shape index (κ1) is 17.0. The van der Waals surface area contributed by atoms with Gasteiger partial charge in [-0.2, -0.15) is 0 Å². The largest absolute Gasteiger partial charge is 0.393 e. The smallest absolute Gasteiger partial charge is 0.254 e. The number of amides is 2. The van der Waals surface area contributed by atoms with Gasteiger partial charge in [0, 0.05) is 29.6 Å². The second kappa shape index (κ2) is 7.34. The molecule has 3 rings (SSSR count). The molecule has 130 valence electrons. The van der Waals surface area contributed by atoms with E-state index in [-0.39, 0.29) is 24.0 Å². The Hall–Kier alpha value is -1.88. The van der Waals surface area contributed by atoms with Crippen molar-refractivity contribution in [1.29, 1.82) is 0 Å². The van der Waals surface area contributed by atoms with Crippen LogP contribution in [-0.4, -0.2) is 40.5 Å². The van der Waals surface area contributed by atoms with Crippen LogP contribution in [-0.2, 0) is 0 Å². The molecule has 0 aromatic heterocycles. The van der Waals surface area contributed by atoms with Crippen molar-refractivity contribution in [3.63, 3.8) is 0 Å². The highest BCUT2D eigenvalue weighted by Gasteiger charge is 2.37. The zero-order chi connectivity index (χ0) is 17.1. The van der Waals surface area contributed by atoms with Crippen LogP contribution in [0.5, 0.6) is 0 Å². The highest BCUT2D eigenvalue weighted by atomic mass is 16.3. The van der Waals surface area contributed by atoms with E-state index in [4.69, 9.17) is 5.73 Å². The van der Waals surface area contributed by atoms with Crippen molar-refractivity contribution in [2.24, 2.45) is 11.7 Å². The molecule has 2 fully saturated rings. The molecule has 1 heterocycles. The van der Waals surface area contributed by atoms with Crippen LogP contribution in [0.1, 0.15) is 65.7 Å². The molecule has 2 amide bonds. The minimum Gasteiger partial charge on any atom is -0.393 e. The highest BCUT2D eigenvalue weighted by Crippen LogP contribution is 2.34. The van der Waals surface area contributed by atoms with Crippen LogP contribution in [0.4, 0.5) is 0 Å². The van der Waals surface area contributed by atoms with Crippen molar-refractivity contribution < 1.29 is 14.7 Å². The van der Waals surface area contributed by atoms with E-state index in [1.54, 1.807) is 24.3 Å². The zero-order valence-electron chi connectivity index (χ0n) is 14.0. The predicted octanol–water partition coefficient (Wildman–Crippen LogP) is 2.33. The number of nitrogens with zero attached hydrogens (tertiary/aromatic N) is 1. The maximum atomic E-state index is 13.0. The molecule has 1 saturated heterocycles. The SMILES string of the molecule is NC(=O)c1ccc(C(=O)N2CCCC[C@@H]2[C@@H]2CCCC[C@@H]2O)cc1. The number of hydrogen-bond donors (Lipinski definition) is 2. The number of benzene rings is 1. The van der Waals surface area contributed by atoms with Gasteiger partial charge in [0.2, 0.25) is 5.91 Å². The monoisotopic (exact) mass is 330 g/mol. The van der Waals surface area contributed by atoms with Crippen LogP contribution in [0, 0.1) is 5.92 Å². The first-order valence-electron chi connectivity index (χ1n) is 8.97. The molecule has 1 aliphatic carbocycles. The van der Waals surface area contributed by atoms with Crippen LogP contribution < -0.4 is 5.73 Å². The average molecular weight is 330 g/mol. The summed E-state index contributed by atoms with van der Waals surface area (Å²) in [5.41, 5.74) is 6.24. The first-order valence-corrected chi connectivity index (χ1v) is 8.97. The van der Waals surface area contributed by atoms with Gasteiger partial charge in [-0.3, -0.25) is 9.59 Å². The lowest BCUT2D eigenvalue weighted by molar-refractivity contribution is -0.00128. The molecular weight excluding hydrogens is 304 g/mol. The van der Waals surface area contributed by atoms with Gasteiger partial charge in [-0.1, -0.05) is 12.8 Å². The normalized spacial score (nSPS) is 27.7. The Kier molecular flexibility index (Phi) is 5.19. The first-order chi connectivity index (χ1) is 11.6. The summed E-state index contributed by atoms with van der Waals surface area (Å²) in [6.45, 7) is 0.740. The van der Waals surface area contributed by atoms with Gasteiger partial charge in [0.15, 0.2) is 0 Å². The summed E-state index contributed by atoms with van der Waals surface area (Å²) < 4.78 is 0. The number of piperidine rings is 1. The number of likely N-dealkylation sites (tertiary alicyclic amines) is 1. The highest BCUT2D eigenvalue weighted by molar-refractivity contribution is 5.97. The fourth-order valence-electron chi connectivity index (χ4n) is 4.19. The third-order valence-electron chi connectivity index (χ3n) is 5.50. The van der Waals surface area contributed by atoms with E-state index in [0.29, 0.717) is 11.1 Å². The zero-order valence-corrected chi connectivity index (χ0v) is 14.0. The second-order valence-corrected chi connectivity index (χ2v) is 7.02. The van der Waals surface area contributed by atoms with E-state index in [2.05, 4.69) is 0 Å². The number of aliphatic hydroxyl groups excluding tert-OH is 1. The number of aliphatic hydroxyl groups is 1. The second-order valence-electron chi connectivity index (χ2n) is 7.02. The minimum absolute atomic E-state index is 0.00602. The summed E-state index contributed by atoms with van der Waals surface area (Å²) in [4.78, 5) is 26.1. The van der Waals surface area contributed by atoms with Crippen molar-refractivity contribution in [2.75, 3.05) is 6.54 Å². The van der Waals surface area contributed by atoms with Crippen molar-refractivity contribution in [3.05, 3.63) is 35.4 Å². The van der Waals surface area contributed by atoms with E-state index < -0.39 is 5.91 Å². The molecule has 1 aliphatic heterocycles. The molecule has 3 atom stereocenters. The van der Waals surface area contributed by atoms with Crippen LogP contribution in [0.25, 0.3) is 0 Å². The summed E-state index contributed by atoms with van der Waals surface area (Å²) >= 11 is 0. The predicted molar refractivity (Wildman–Crippen MR) is 91.6 cm³/mol. The Morgan fingerprint density at radius 1 is 0.958 bits per heavy atom. The fourth-order valence-corrected chi connectivity index (χ4v) is 4.19. The Morgan fingerprint density at radius 3 is 2.25 bits per heavy atom. The number of hydrogen-bond acceptors (Lipinski definition) is 3. The van der Waals surface area contributed by atoms with E-state index in [0.717, 1.165) is 51.5 Å². The number of rotatable bonds is 3. The van der Waals surface area contributed by atoms with Gasteiger partial charge in [0.05, 0.1) is 6.10 Å². The van der Waals surface area contributed by atoms with Crippen molar-refractivity contribution >= 4 is 11.8 Å². The Balaban J connectivity index is 1.79. The molecule has 1 aromatic rings. The molecule has 0 bridgehead atoms. The van der Waals surface area contributed by atoms with E-state index in [9.17, 15) is 14.7 Å². The molecule has 5 heteroatoms. The molecule has 2 aliphatic rings. The van der Waals surface area contributed by atoms with Gasteiger partial charge >= 0.3 is 0 Å². The van der Waals surface area contributed by atoms with E-state index in [1.807, 2.05) is 4.90 Å². The summed E-state index contributed by atoms with van der Waals surface area (Å²) in [6.07, 6.45) is 6.83. The molecule has 24 heavy (non-hydrogen) atoms. The maximum Gasteiger partial charge on any atom is 0.254 e. The molecular formula is C19H26N2O3. The third-order valence-corrected chi connectivity index (χ3v) is 5.50. The van der Waals surface area contributed by atoms with Crippen molar-refractivity contribution in [2.45, 2.75) is 57.1 Å². The lowest BCUT2D eigenvalue weighted by Crippen LogP contribution is -2.51. The van der Waals surface area contributed by atoms with Gasteiger partial charge in [-0.25, -0.2) is 0 Å². The number of carbonyl (C=O) groups excluding carboxylic acids is 2. The average Bonchev–Trinajstić information content (AvgIpc) is 2.62. The van der Waals surface area contributed by atoms with Gasteiger partial charge in [0.1, 0.15) is 0 Å². The number of nitrogens with two attached hydrogens (primary N) is 1. The van der Waals surface area contributed by atoms with Crippen LogP contribution in [0.3, 0.4) is 0 Å². The number of primary amides is 1. The summed E-state index contributed by atoms with van der Waals surface area (Å²) in [6, 6.07) is 6.67. The van der Waals surface area contributed by atoms with Crippen molar-refractivity contribution in [1.82, 2.24) is 4.90 Å². The van der Waals surface area contributed by atoms with Crippen molar-refractivity contribution in [3.8, 4) is 0 Å². The Morgan fingerprint density at radius 2 is 1.58 bits per heavy atom. The molecule has 1 saturated carbocycles. The van der Waals surface area contributed by atoms with E-state index >= 15 is 0 Å². The van der Waals surface area contributed by atoms with Gasteiger partial charge < -0.3 is 15.7 Å².